The molecule has 0 heterocycles. The average molecular weight is 218 g/mol. The topological polar surface area (TPSA) is 58.7 Å². The molecule has 0 fully saturated rings. The zero-order valence-corrected chi connectivity index (χ0v) is 10.3. The van der Waals surface area contributed by atoms with Crippen LogP contribution in [0.5, 0.6) is 0 Å². The van der Waals surface area contributed by atoms with Crippen molar-refractivity contribution in [2.24, 2.45) is 5.73 Å². The van der Waals surface area contributed by atoms with Crippen LogP contribution < -0.4 is 5.73 Å². The molecule has 0 saturated heterocycles. The maximum Gasteiger partial charge on any atom is 0.0608 e. The van der Waals surface area contributed by atoms with Gasteiger partial charge in [0.05, 0.1) is 13.2 Å². The summed E-state index contributed by atoms with van der Waals surface area (Å²) < 4.78 is 5.00. The Morgan fingerprint density at radius 3 is 2.53 bits per heavy atom. The Labute approximate surface area is 93.4 Å². The zero-order valence-electron chi connectivity index (χ0n) is 10.3. The number of hydrogen-bond acceptors (Lipinski definition) is 4. The van der Waals surface area contributed by atoms with E-state index in [2.05, 4.69) is 11.9 Å². The van der Waals surface area contributed by atoms with E-state index in [1.165, 1.54) is 0 Å². The molecule has 1 atom stereocenters. The van der Waals surface area contributed by atoms with Crippen molar-refractivity contribution in [2.45, 2.75) is 31.7 Å². The number of nitrogens with two attached hydrogens (primary N) is 1. The van der Waals surface area contributed by atoms with E-state index in [-0.39, 0.29) is 6.61 Å². The van der Waals surface area contributed by atoms with E-state index in [1.54, 1.807) is 7.11 Å². The van der Waals surface area contributed by atoms with Crippen LogP contribution in [0.15, 0.2) is 0 Å². The van der Waals surface area contributed by atoms with Crippen LogP contribution in [0.2, 0.25) is 0 Å². The third kappa shape index (κ3) is 8.81. The molecule has 0 aromatic heterocycles. The van der Waals surface area contributed by atoms with Crippen molar-refractivity contribution in [1.82, 2.24) is 4.90 Å². The van der Waals surface area contributed by atoms with E-state index < -0.39 is 5.54 Å². The fraction of sp³-hybridized carbons (Fsp3) is 1.00. The lowest BCUT2D eigenvalue weighted by Crippen LogP contribution is -2.40. The second-order valence-corrected chi connectivity index (χ2v) is 4.57. The maximum atomic E-state index is 8.97. The molecule has 3 N–H and O–H groups in total. The first kappa shape index (κ1) is 14.8. The second-order valence-electron chi connectivity index (χ2n) is 4.57. The largest absolute Gasteiger partial charge is 0.394 e. The zero-order chi connectivity index (χ0) is 11.7. The van der Waals surface area contributed by atoms with Gasteiger partial charge in [0.2, 0.25) is 0 Å². The summed E-state index contributed by atoms with van der Waals surface area (Å²) in [5.41, 5.74) is 5.42. The lowest BCUT2D eigenvalue weighted by atomic mass is 9.97. The highest BCUT2D eigenvalue weighted by Crippen LogP contribution is 2.09. The summed E-state index contributed by atoms with van der Waals surface area (Å²) in [5.74, 6) is 0. The van der Waals surface area contributed by atoms with Crippen molar-refractivity contribution in [3.8, 4) is 0 Å². The molecule has 0 aliphatic rings. The summed E-state index contributed by atoms with van der Waals surface area (Å²) in [6, 6.07) is 0. The third-order valence-corrected chi connectivity index (χ3v) is 2.58. The van der Waals surface area contributed by atoms with Gasteiger partial charge < -0.3 is 20.5 Å². The highest BCUT2D eigenvalue weighted by molar-refractivity contribution is 4.76. The number of likely N-dealkylation sites (N-methyl/N-ethyl adjacent to an activating group) is 1. The number of aliphatic hydroxyl groups is 1. The van der Waals surface area contributed by atoms with Gasteiger partial charge >= 0.3 is 0 Å². The van der Waals surface area contributed by atoms with Crippen molar-refractivity contribution >= 4 is 0 Å². The molecule has 0 saturated carbocycles. The van der Waals surface area contributed by atoms with Crippen molar-refractivity contribution < 1.29 is 9.84 Å². The molecule has 0 aliphatic heterocycles. The minimum absolute atomic E-state index is 0.0620. The number of nitrogens with zero attached hydrogens (tertiary/aromatic N) is 1. The number of ether oxygens (including phenoxy) is 1. The molecule has 92 valence electrons. The summed E-state index contributed by atoms with van der Waals surface area (Å²) >= 11 is 0. The highest BCUT2D eigenvalue weighted by atomic mass is 16.5. The number of hydrogen-bond donors (Lipinski definition) is 2. The van der Waals surface area contributed by atoms with Gasteiger partial charge in [-0.25, -0.2) is 0 Å². The van der Waals surface area contributed by atoms with Crippen LogP contribution in [0.1, 0.15) is 26.2 Å². The van der Waals surface area contributed by atoms with E-state index in [9.17, 15) is 0 Å². The third-order valence-electron chi connectivity index (χ3n) is 2.58. The highest BCUT2D eigenvalue weighted by Gasteiger charge is 2.15. The first-order valence-corrected chi connectivity index (χ1v) is 5.59. The minimum atomic E-state index is -0.412. The lowest BCUT2D eigenvalue weighted by molar-refractivity contribution is 0.158. The molecule has 0 aliphatic carbocycles. The second kappa shape index (κ2) is 8.05. The molecular formula is C11H26N2O2. The van der Waals surface area contributed by atoms with Gasteiger partial charge in [-0.2, -0.15) is 0 Å². The molecular weight excluding hydrogens is 192 g/mol. The van der Waals surface area contributed by atoms with Gasteiger partial charge in [0, 0.05) is 19.2 Å². The molecule has 0 rings (SSSR count). The molecule has 0 amide bonds. The van der Waals surface area contributed by atoms with E-state index in [0.717, 1.165) is 39.0 Å². The van der Waals surface area contributed by atoms with Crippen LogP contribution in [0.25, 0.3) is 0 Å². The summed E-state index contributed by atoms with van der Waals surface area (Å²) in [6.45, 7) is 4.76. The molecule has 4 nitrogen and oxygen atoms in total. The summed E-state index contributed by atoms with van der Waals surface area (Å²) in [6.07, 6.45) is 3.06. The first-order valence-electron chi connectivity index (χ1n) is 5.59. The van der Waals surface area contributed by atoms with Gasteiger partial charge in [-0.15, -0.1) is 0 Å². The normalized spacial score (nSPS) is 15.6. The smallest absolute Gasteiger partial charge is 0.0608 e. The van der Waals surface area contributed by atoms with Gasteiger partial charge in [0.25, 0.3) is 0 Å². The molecule has 15 heavy (non-hydrogen) atoms. The van der Waals surface area contributed by atoms with Gasteiger partial charge in [-0.3, -0.25) is 0 Å². The fourth-order valence-corrected chi connectivity index (χ4v) is 1.35. The molecule has 0 spiro atoms. The van der Waals surface area contributed by atoms with E-state index >= 15 is 0 Å². The van der Waals surface area contributed by atoms with Crippen LogP contribution in [-0.4, -0.2) is 56.0 Å². The van der Waals surface area contributed by atoms with E-state index in [4.69, 9.17) is 15.6 Å². The summed E-state index contributed by atoms with van der Waals surface area (Å²) in [4.78, 5) is 2.25. The summed E-state index contributed by atoms with van der Waals surface area (Å²) in [7, 11) is 3.81. The van der Waals surface area contributed by atoms with Crippen LogP contribution in [0, 0.1) is 0 Å². The summed E-state index contributed by atoms with van der Waals surface area (Å²) in [5, 5.41) is 8.97. The Morgan fingerprint density at radius 2 is 2.00 bits per heavy atom. The van der Waals surface area contributed by atoms with Crippen molar-refractivity contribution in [3.05, 3.63) is 0 Å². The molecule has 0 bridgehead atoms. The van der Waals surface area contributed by atoms with Crippen LogP contribution in [0.4, 0.5) is 0 Å². The van der Waals surface area contributed by atoms with Crippen molar-refractivity contribution in [2.75, 3.05) is 40.5 Å². The van der Waals surface area contributed by atoms with Crippen LogP contribution >= 0.6 is 0 Å². The fourth-order valence-electron chi connectivity index (χ4n) is 1.35. The average Bonchev–Trinajstić information content (AvgIpc) is 2.21. The quantitative estimate of drug-likeness (QED) is 0.552. The minimum Gasteiger partial charge on any atom is -0.394 e. The lowest BCUT2D eigenvalue weighted by Gasteiger charge is -2.22. The molecule has 4 heteroatoms. The van der Waals surface area contributed by atoms with Gasteiger partial charge in [-0.05, 0) is 33.4 Å². The van der Waals surface area contributed by atoms with Crippen LogP contribution in [-0.2, 0) is 4.74 Å². The Kier molecular flexibility index (Phi) is 7.96. The van der Waals surface area contributed by atoms with Gasteiger partial charge in [0.1, 0.15) is 0 Å². The Balaban J connectivity index is 3.37. The van der Waals surface area contributed by atoms with Gasteiger partial charge in [0.15, 0.2) is 0 Å². The Hall–Kier alpha value is -0.160. The first-order chi connectivity index (χ1) is 7.02. The van der Waals surface area contributed by atoms with Gasteiger partial charge in [-0.1, -0.05) is 6.42 Å². The predicted octanol–water partition coefficient (Wildman–Crippen LogP) is 0.445. The monoisotopic (exact) mass is 218 g/mol. The Bertz CT molecular complexity index is 152. The molecule has 0 aromatic rings. The molecule has 1 unspecified atom stereocenters. The standard InChI is InChI=1S/C11H26N2O2/c1-11(12,10-14)6-4-5-7-13(2)8-9-15-3/h14H,4-10,12H2,1-3H3. The molecule has 0 aromatic carbocycles. The maximum absolute atomic E-state index is 8.97. The Morgan fingerprint density at radius 1 is 1.33 bits per heavy atom. The SMILES string of the molecule is COCCN(C)CCCCC(C)(N)CO. The van der Waals surface area contributed by atoms with Crippen molar-refractivity contribution in [1.29, 1.82) is 0 Å². The van der Waals surface area contributed by atoms with E-state index in [0.29, 0.717) is 0 Å². The van der Waals surface area contributed by atoms with E-state index in [1.807, 2.05) is 6.92 Å². The number of rotatable bonds is 9. The number of unbranched alkanes of at least 4 members (excludes halogenated alkanes) is 1. The number of aliphatic hydroxyl groups excluding tert-OH is 1. The molecule has 0 radical (unpaired) electrons. The van der Waals surface area contributed by atoms with Crippen molar-refractivity contribution in [3.63, 3.8) is 0 Å². The predicted molar refractivity (Wildman–Crippen MR) is 62.9 cm³/mol. The van der Waals surface area contributed by atoms with Crippen LogP contribution in [0.3, 0.4) is 0 Å². The number of methoxy groups -OCH3 is 1.